The normalized spacial score (nSPS) is 11.0. The number of benzene rings is 3. The first-order valence-electron chi connectivity index (χ1n) is 8.48. The van der Waals surface area contributed by atoms with Gasteiger partial charge in [0.25, 0.3) is 0 Å². The first-order chi connectivity index (χ1) is 11.5. The van der Waals surface area contributed by atoms with Crippen LogP contribution in [0, 0.1) is 13.8 Å². The number of aryl methyl sites for hydroxylation is 2. The number of hydrogen-bond donors (Lipinski definition) is 1. The quantitative estimate of drug-likeness (QED) is 0.587. The smallest absolute Gasteiger partial charge is 0.131 e. The third-order valence-corrected chi connectivity index (χ3v) is 4.60. The van der Waals surface area contributed by atoms with Crippen molar-refractivity contribution in [2.75, 3.05) is 0 Å². The first kappa shape index (κ1) is 16.3. The summed E-state index contributed by atoms with van der Waals surface area (Å²) in [5.41, 5.74) is 7.56. The van der Waals surface area contributed by atoms with Gasteiger partial charge in [0.1, 0.15) is 5.75 Å². The van der Waals surface area contributed by atoms with Crippen LogP contribution in [0.4, 0.5) is 0 Å². The summed E-state index contributed by atoms with van der Waals surface area (Å²) >= 11 is 0. The minimum absolute atomic E-state index is 0.368. The third kappa shape index (κ3) is 2.94. The van der Waals surface area contributed by atoms with E-state index in [2.05, 4.69) is 76.2 Å². The van der Waals surface area contributed by atoms with E-state index in [4.69, 9.17) is 0 Å². The van der Waals surface area contributed by atoms with Crippen molar-refractivity contribution in [3.63, 3.8) is 0 Å². The zero-order valence-corrected chi connectivity index (χ0v) is 14.8. The van der Waals surface area contributed by atoms with E-state index in [1.807, 2.05) is 12.1 Å². The summed E-state index contributed by atoms with van der Waals surface area (Å²) in [6.07, 6.45) is 0. The molecule has 0 bridgehead atoms. The lowest BCUT2D eigenvalue weighted by molar-refractivity contribution is 0.479. The molecule has 24 heavy (non-hydrogen) atoms. The van der Waals surface area contributed by atoms with Crippen LogP contribution in [0.5, 0.6) is 5.75 Å². The molecule has 0 saturated heterocycles. The van der Waals surface area contributed by atoms with Crippen molar-refractivity contribution in [2.24, 2.45) is 0 Å². The Morgan fingerprint density at radius 3 is 2.08 bits per heavy atom. The summed E-state index contributed by atoms with van der Waals surface area (Å²) in [4.78, 5) is 0. The Morgan fingerprint density at radius 2 is 1.42 bits per heavy atom. The highest BCUT2D eigenvalue weighted by molar-refractivity contribution is 5.85. The maximum atomic E-state index is 11.1. The largest absolute Gasteiger partial charge is 0.507 e. The predicted octanol–water partition coefficient (Wildman–Crippen LogP) is 6.47. The van der Waals surface area contributed by atoms with Gasteiger partial charge in [-0.3, -0.25) is 0 Å². The van der Waals surface area contributed by atoms with Crippen LogP contribution in [0.2, 0.25) is 0 Å². The van der Waals surface area contributed by atoms with Crippen LogP contribution < -0.4 is 0 Å². The SMILES string of the molecule is Cc1ccc(-c2ccc(C)c(-c3ccccc3C(C)C)c2O)cc1. The molecule has 1 nitrogen and oxygen atoms in total. The van der Waals surface area contributed by atoms with E-state index >= 15 is 0 Å². The maximum absolute atomic E-state index is 11.1. The van der Waals surface area contributed by atoms with E-state index < -0.39 is 0 Å². The lowest BCUT2D eigenvalue weighted by Gasteiger charge is -2.18. The molecule has 3 aromatic carbocycles. The van der Waals surface area contributed by atoms with Gasteiger partial charge in [-0.15, -0.1) is 0 Å². The van der Waals surface area contributed by atoms with Gasteiger partial charge in [0.15, 0.2) is 0 Å². The van der Waals surface area contributed by atoms with E-state index in [9.17, 15) is 5.11 Å². The second-order valence-corrected chi connectivity index (χ2v) is 6.76. The molecule has 0 aliphatic rings. The predicted molar refractivity (Wildman–Crippen MR) is 103 cm³/mol. The van der Waals surface area contributed by atoms with Gasteiger partial charge in [-0.05, 0) is 42.0 Å². The number of phenols is 1. The Balaban J connectivity index is 2.23. The number of phenolic OH excluding ortho intramolecular Hbond substituents is 1. The number of hydrogen-bond acceptors (Lipinski definition) is 1. The van der Waals surface area contributed by atoms with Crippen LogP contribution in [0.15, 0.2) is 60.7 Å². The van der Waals surface area contributed by atoms with Gasteiger partial charge in [-0.1, -0.05) is 80.1 Å². The molecule has 0 fully saturated rings. The average Bonchev–Trinajstić information content (AvgIpc) is 2.56. The molecule has 0 aromatic heterocycles. The van der Waals surface area contributed by atoms with Gasteiger partial charge in [0.2, 0.25) is 0 Å². The van der Waals surface area contributed by atoms with Crippen molar-refractivity contribution in [3.05, 3.63) is 77.4 Å². The Morgan fingerprint density at radius 1 is 0.750 bits per heavy atom. The van der Waals surface area contributed by atoms with Crippen molar-refractivity contribution in [1.82, 2.24) is 0 Å². The molecule has 0 atom stereocenters. The molecule has 0 unspecified atom stereocenters. The summed E-state index contributed by atoms with van der Waals surface area (Å²) in [6.45, 7) is 8.51. The van der Waals surface area contributed by atoms with Crippen LogP contribution in [0.3, 0.4) is 0 Å². The lowest BCUT2D eigenvalue weighted by Crippen LogP contribution is -1.95. The number of rotatable bonds is 3. The minimum Gasteiger partial charge on any atom is -0.507 e. The highest BCUT2D eigenvalue weighted by Crippen LogP contribution is 2.42. The summed E-state index contributed by atoms with van der Waals surface area (Å²) in [7, 11) is 0. The lowest BCUT2D eigenvalue weighted by atomic mass is 9.88. The Labute approximate surface area is 144 Å². The van der Waals surface area contributed by atoms with E-state index in [0.717, 1.165) is 27.8 Å². The Hall–Kier alpha value is -2.54. The molecule has 0 aliphatic carbocycles. The fourth-order valence-corrected chi connectivity index (χ4v) is 3.23. The van der Waals surface area contributed by atoms with Crippen LogP contribution in [-0.2, 0) is 0 Å². The summed E-state index contributed by atoms with van der Waals surface area (Å²) in [5, 5.41) is 11.1. The van der Waals surface area contributed by atoms with Crippen molar-refractivity contribution in [3.8, 4) is 28.0 Å². The van der Waals surface area contributed by atoms with Crippen LogP contribution in [0.1, 0.15) is 36.5 Å². The summed E-state index contributed by atoms with van der Waals surface area (Å²) < 4.78 is 0. The molecule has 1 N–H and O–H groups in total. The molecular formula is C23H24O. The van der Waals surface area contributed by atoms with E-state index in [1.54, 1.807) is 0 Å². The van der Waals surface area contributed by atoms with Crippen LogP contribution in [-0.4, -0.2) is 5.11 Å². The zero-order chi connectivity index (χ0) is 17.3. The molecule has 0 saturated carbocycles. The molecule has 3 rings (SSSR count). The molecule has 3 aromatic rings. The molecule has 122 valence electrons. The van der Waals surface area contributed by atoms with Gasteiger partial charge in [0, 0.05) is 11.1 Å². The third-order valence-electron chi connectivity index (χ3n) is 4.60. The van der Waals surface area contributed by atoms with Crippen molar-refractivity contribution >= 4 is 0 Å². The van der Waals surface area contributed by atoms with Crippen molar-refractivity contribution < 1.29 is 5.11 Å². The topological polar surface area (TPSA) is 20.2 Å². The van der Waals surface area contributed by atoms with E-state index in [0.29, 0.717) is 11.7 Å². The fraction of sp³-hybridized carbons (Fsp3) is 0.217. The summed E-state index contributed by atoms with van der Waals surface area (Å²) in [5.74, 6) is 0.773. The van der Waals surface area contributed by atoms with Gasteiger partial charge in [-0.2, -0.15) is 0 Å². The van der Waals surface area contributed by atoms with Gasteiger partial charge in [0.05, 0.1) is 0 Å². The molecule has 0 aliphatic heterocycles. The monoisotopic (exact) mass is 316 g/mol. The van der Waals surface area contributed by atoms with Crippen LogP contribution in [0.25, 0.3) is 22.3 Å². The molecule has 1 heteroatoms. The molecule has 0 radical (unpaired) electrons. The second kappa shape index (κ2) is 6.52. The first-order valence-corrected chi connectivity index (χ1v) is 8.48. The highest BCUT2D eigenvalue weighted by Gasteiger charge is 2.17. The van der Waals surface area contributed by atoms with Gasteiger partial charge < -0.3 is 5.11 Å². The van der Waals surface area contributed by atoms with Crippen molar-refractivity contribution in [1.29, 1.82) is 0 Å². The van der Waals surface area contributed by atoms with E-state index in [-0.39, 0.29) is 0 Å². The molecular weight excluding hydrogens is 292 g/mol. The van der Waals surface area contributed by atoms with Crippen LogP contribution >= 0.6 is 0 Å². The van der Waals surface area contributed by atoms with Gasteiger partial charge in [-0.25, -0.2) is 0 Å². The Kier molecular flexibility index (Phi) is 4.44. The number of aromatic hydroxyl groups is 1. The van der Waals surface area contributed by atoms with E-state index in [1.165, 1.54) is 11.1 Å². The zero-order valence-electron chi connectivity index (χ0n) is 14.8. The second-order valence-electron chi connectivity index (χ2n) is 6.76. The fourth-order valence-electron chi connectivity index (χ4n) is 3.23. The summed E-state index contributed by atoms with van der Waals surface area (Å²) in [6, 6.07) is 20.8. The molecule has 0 amide bonds. The standard InChI is InChI=1S/C23H24O/c1-15(2)19-7-5-6-8-21(19)22-17(4)11-14-20(23(22)24)18-12-9-16(3)10-13-18/h5-15,24H,1-4H3. The van der Waals surface area contributed by atoms with Crippen molar-refractivity contribution in [2.45, 2.75) is 33.6 Å². The Bertz CT molecular complexity index is 858. The molecule has 0 heterocycles. The van der Waals surface area contributed by atoms with Gasteiger partial charge >= 0.3 is 0 Å². The minimum atomic E-state index is 0.368. The average molecular weight is 316 g/mol. The maximum Gasteiger partial charge on any atom is 0.131 e. The highest BCUT2D eigenvalue weighted by atomic mass is 16.3. The molecule has 0 spiro atoms.